The number of carbonyl (C=O) groups excluding carboxylic acids is 1. The van der Waals surface area contributed by atoms with E-state index in [1.54, 1.807) is 0 Å². The normalized spacial score (nSPS) is 5.00. The maximum absolute atomic E-state index is 8.94. The lowest BCUT2D eigenvalue weighted by Crippen LogP contribution is -1.66. The van der Waals surface area contributed by atoms with Gasteiger partial charge in [-0.1, -0.05) is 0 Å². The van der Waals surface area contributed by atoms with Crippen molar-refractivity contribution in [2.24, 2.45) is 0 Å². The van der Waals surface area contributed by atoms with E-state index < -0.39 is 0 Å². The Balaban J connectivity index is 2.93. The van der Waals surface area contributed by atoms with Crippen molar-refractivity contribution in [2.45, 2.75) is 0 Å². The zero-order valence-corrected chi connectivity index (χ0v) is 2.34. The number of nitrogens with zero attached hydrogens (tertiary/aromatic N) is 1. The summed E-state index contributed by atoms with van der Waals surface area (Å²) in [4.78, 5) is 12.1. The van der Waals surface area contributed by atoms with E-state index in [9.17, 15) is 0 Å². The topological polar surface area (TPSA) is 48.6 Å². The summed E-state index contributed by atoms with van der Waals surface area (Å²) >= 11 is 0. The van der Waals surface area contributed by atoms with E-state index in [1.165, 1.54) is 5.94 Å². The van der Waals surface area contributed by atoms with Crippen molar-refractivity contribution in [3.05, 3.63) is 6.26 Å². The maximum atomic E-state index is 8.94. The Morgan fingerprint density at radius 3 is 2.60 bits per heavy atom. The minimum atomic E-state index is 0.500. The molecule has 0 saturated heterocycles. The molecule has 0 saturated carbocycles. The third-order valence-electron chi connectivity index (χ3n) is 0.101. The zero-order valence-electron chi connectivity index (χ0n) is 2.34. The summed E-state index contributed by atoms with van der Waals surface area (Å²) in [6.45, 7) is 0. The fourth-order valence-corrected chi connectivity index (χ4v) is 0.0215. The van der Waals surface area contributed by atoms with E-state index >= 15 is 0 Å². The molecule has 0 aliphatic carbocycles. The van der Waals surface area contributed by atoms with Crippen molar-refractivity contribution >= 4 is 5.94 Å². The van der Waals surface area contributed by atoms with E-state index in [-0.39, 0.29) is 0 Å². The molecule has 3 heteroatoms. The summed E-state index contributed by atoms with van der Waals surface area (Å²) in [5.41, 5.74) is 0. The van der Waals surface area contributed by atoms with Gasteiger partial charge in [-0.25, -0.2) is 4.79 Å². The SMILES string of the molecule is [N]OC=C=O. The van der Waals surface area contributed by atoms with Crippen LogP contribution >= 0.6 is 0 Å². The van der Waals surface area contributed by atoms with Gasteiger partial charge in [0.15, 0.2) is 12.2 Å². The molecule has 2 radical (unpaired) electrons. The van der Waals surface area contributed by atoms with Crippen LogP contribution in [-0.4, -0.2) is 5.94 Å². The van der Waals surface area contributed by atoms with Crippen molar-refractivity contribution in [2.75, 3.05) is 0 Å². The molecule has 0 amide bonds. The van der Waals surface area contributed by atoms with Gasteiger partial charge >= 0.3 is 0 Å². The molecule has 0 unspecified atom stereocenters. The van der Waals surface area contributed by atoms with Crippen LogP contribution in [0.4, 0.5) is 0 Å². The molecule has 26 valence electrons. The molecular formula is C2HNO2. The van der Waals surface area contributed by atoms with E-state index in [1.807, 2.05) is 0 Å². The van der Waals surface area contributed by atoms with Crippen LogP contribution in [0, 0.1) is 0 Å². The monoisotopic (exact) mass is 71.0 g/mol. The second-order valence-electron chi connectivity index (χ2n) is 0.341. The first kappa shape index (κ1) is 4.21. The lowest BCUT2D eigenvalue weighted by molar-refractivity contribution is 0.239. The summed E-state index contributed by atoms with van der Waals surface area (Å²) in [5, 5.41) is 0. The van der Waals surface area contributed by atoms with Crippen molar-refractivity contribution < 1.29 is 9.63 Å². The lowest BCUT2D eigenvalue weighted by atomic mass is 11.1. The summed E-state index contributed by atoms with van der Waals surface area (Å²) < 4.78 is 0. The standard InChI is InChI=1S/C2HNO2/c3-5-2-1-4/h2H. The molecule has 0 spiro atoms. The van der Waals surface area contributed by atoms with E-state index in [0.29, 0.717) is 6.26 Å². The highest BCUT2D eigenvalue weighted by Crippen LogP contribution is 1.47. The Morgan fingerprint density at radius 1 is 2.00 bits per heavy atom. The third-order valence-corrected chi connectivity index (χ3v) is 0.101. The molecule has 3 nitrogen and oxygen atoms in total. The predicted molar refractivity (Wildman–Crippen MR) is 13.5 cm³/mol. The Bertz CT molecular complexity index is 54.7. The molecule has 0 heterocycles. The zero-order chi connectivity index (χ0) is 4.12. The molecule has 0 rings (SSSR count). The van der Waals surface area contributed by atoms with Crippen LogP contribution < -0.4 is 5.90 Å². The molecule has 0 N–H and O–H groups in total. The molecule has 0 aromatic rings. The highest BCUT2D eigenvalue weighted by Gasteiger charge is 1.52. The van der Waals surface area contributed by atoms with Crippen molar-refractivity contribution in [1.82, 2.24) is 5.90 Å². The molecule has 0 aliphatic rings. The van der Waals surface area contributed by atoms with Crippen molar-refractivity contribution in [3.8, 4) is 0 Å². The van der Waals surface area contributed by atoms with Gasteiger partial charge in [-0.05, 0) is 0 Å². The van der Waals surface area contributed by atoms with E-state index in [0.717, 1.165) is 0 Å². The average molecular weight is 71.0 g/mol. The van der Waals surface area contributed by atoms with Crippen LogP contribution in [0.3, 0.4) is 0 Å². The second-order valence-corrected chi connectivity index (χ2v) is 0.341. The Morgan fingerprint density at radius 2 is 2.60 bits per heavy atom. The molecule has 0 aromatic heterocycles. The quantitative estimate of drug-likeness (QED) is 0.234. The van der Waals surface area contributed by atoms with Gasteiger partial charge < -0.3 is 4.84 Å². The fraction of sp³-hybridized carbons (Fsp3) is 0. The fourth-order valence-electron chi connectivity index (χ4n) is 0.0215. The first-order valence-corrected chi connectivity index (χ1v) is 0.911. The molecule has 0 atom stereocenters. The van der Waals surface area contributed by atoms with Crippen LogP contribution in [0.5, 0.6) is 0 Å². The number of hydrogen-bond donors (Lipinski definition) is 0. The predicted octanol–water partition coefficient (Wildman–Crippen LogP) is -0.668. The Kier molecular flexibility index (Phi) is 2.70. The smallest absolute Gasteiger partial charge is 0.198 e. The van der Waals surface area contributed by atoms with E-state index in [2.05, 4.69) is 4.84 Å². The van der Waals surface area contributed by atoms with Gasteiger partial charge in [0, 0.05) is 0 Å². The van der Waals surface area contributed by atoms with Gasteiger partial charge in [0.05, 0.1) is 0 Å². The molecule has 5 heavy (non-hydrogen) atoms. The minimum absolute atomic E-state index is 0.500. The highest BCUT2D eigenvalue weighted by molar-refractivity contribution is 5.42. The summed E-state index contributed by atoms with van der Waals surface area (Å²) in [5.74, 6) is 8.42. The first-order valence-electron chi connectivity index (χ1n) is 0.911. The van der Waals surface area contributed by atoms with Crippen LogP contribution in [-0.2, 0) is 9.63 Å². The number of hydrogen-bond acceptors (Lipinski definition) is 2. The Labute approximate surface area is 29.0 Å². The summed E-state index contributed by atoms with van der Waals surface area (Å²) in [6.07, 6.45) is 0.500. The van der Waals surface area contributed by atoms with Crippen LogP contribution in [0.1, 0.15) is 0 Å². The average Bonchev–Trinajstić information content (AvgIpc) is 1.41. The van der Waals surface area contributed by atoms with Gasteiger partial charge in [0.2, 0.25) is 0 Å². The van der Waals surface area contributed by atoms with Gasteiger partial charge in [-0.3, -0.25) is 0 Å². The largest absolute Gasteiger partial charge is 0.364 e. The molecular weight excluding hydrogens is 70.0 g/mol. The summed E-state index contributed by atoms with van der Waals surface area (Å²) in [6, 6.07) is 0. The third kappa shape index (κ3) is 3.21. The second kappa shape index (κ2) is 3.21. The molecule has 0 aromatic carbocycles. The van der Waals surface area contributed by atoms with Crippen LogP contribution in [0.25, 0.3) is 0 Å². The van der Waals surface area contributed by atoms with Crippen molar-refractivity contribution in [1.29, 1.82) is 0 Å². The Hall–Kier alpha value is -0.790. The van der Waals surface area contributed by atoms with Gasteiger partial charge in [-0.15, -0.1) is 0 Å². The maximum Gasteiger partial charge on any atom is 0.198 e. The summed E-state index contributed by atoms with van der Waals surface area (Å²) in [7, 11) is 0. The van der Waals surface area contributed by atoms with Crippen molar-refractivity contribution in [3.63, 3.8) is 0 Å². The van der Waals surface area contributed by atoms with Crippen LogP contribution in [0.2, 0.25) is 0 Å². The number of rotatable bonds is 1. The molecule has 0 fully saturated rings. The van der Waals surface area contributed by atoms with Gasteiger partial charge in [-0.2, -0.15) is 0 Å². The lowest BCUT2D eigenvalue weighted by Gasteiger charge is -1.62. The first-order chi connectivity index (χ1) is 2.41. The highest BCUT2D eigenvalue weighted by atomic mass is 16.6. The van der Waals surface area contributed by atoms with E-state index in [4.69, 9.17) is 10.7 Å². The van der Waals surface area contributed by atoms with Gasteiger partial charge in [0.1, 0.15) is 5.90 Å². The van der Waals surface area contributed by atoms with Gasteiger partial charge in [0.25, 0.3) is 0 Å². The minimum Gasteiger partial charge on any atom is -0.364 e. The molecule has 0 bridgehead atoms. The molecule has 0 aliphatic heterocycles. The van der Waals surface area contributed by atoms with Crippen LogP contribution in [0.15, 0.2) is 6.26 Å².